The van der Waals surface area contributed by atoms with E-state index < -0.39 is 189 Å². The highest BCUT2D eigenvalue weighted by Gasteiger charge is 2.37. The summed E-state index contributed by atoms with van der Waals surface area (Å²) in [4.78, 5) is 165. The van der Waals surface area contributed by atoms with E-state index in [1.54, 1.807) is 13.2 Å². The highest BCUT2D eigenvalue weighted by molar-refractivity contribution is 7.98. The minimum absolute atomic E-state index is 0.0266. The Morgan fingerprint density at radius 1 is 0.507 bits per heavy atom. The molecule has 29 nitrogen and oxygen atoms in total. The number of aliphatic carboxylic acids is 3. The van der Waals surface area contributed by atoms with Crippen LogP contribution in [0.4, 0.5) is 0 Å². The Morgan fingerprint density at radius 3 is 1.26 bits per heavy atom. The molecule has 0 aliphatic rings. The summed E-state index contributed by atoms with van der Waals surface area (Å²) < 4.78 is 0. The zero-order valence-corrected chi connectivity index (χ0v) is 39.4. The smallest absolute Gasteiger partial charge is 0.326 e. The minimum atomic E-state index is -1.97. The van der Waals surface area contributed by atoms with Gasteiger partial charge in [0.2, 0.25) is 59.1 Å². The van der Waals surface area contributed by atoms with Crippen LogP contribution in [0.3, 0.4) is 0 Å². The highest BCUT2D eigenvalue weighted by atomic mass is 32.2. The van der Waals surface area contributed by atoms with Gasteiger partial charge in [-0.15, -0.1) is 0 Å². The number of amides is 10. The van der Waals surface area contributed by atoms with Crippen LogP contribution in [-0.2, 0) is 62.3 Å². The fourth-order valence-corrected chi connectivity index (χ4v) is 6.31. The highest BCUT2D eigenvalue weighted by Crippen LogP contribution is 2.12. The van der Waals surface area contributed by atoms with Crippen LogP contribution in [0.5, 0.6) is 0 Å². The van der Waals surface area contributed by atoms with Gasteiger partial charge in [0.1, 0.15) is 48.3 Å². The monoisotopic (exact) mass is 1010 g/mol. The van der Waals surface area contributed by atoms with Crippen molar-refractivity contribution in [3.8, 4) is 0 Å². The van der Waals surface area contributed by atoms with Crippen molar-refractivity contribution < 1.29 is 87.9 Å². The lowest BCUT2D eigenvalue weighted by atomic mass is 9.96. The SMILES string of the molecule is CC[C@H](C)[C@H](NC(=O)[C@H](CC(N)=O)NC(=O)[C@H](CCC(=O)O)NC(=O)[C@H](CC(N)=O)NC(=O)[C@H](CO)NC(=O)[C@H](C)N)C(=O)N[C@@H](CCC(=O)O)C(=O)N[C@H](C(=O)N[C@@H](CCSC)C(=O)O)[C@@H](C)O. The van der Waals surface area contributed by atoms with Crippen molar-refractivity contribution in [2.45, 2.75) is 140 Å². The van der Waals surface area contributed by atoms with Crippen LogP contribution in [-0.4, -0.2) is 182 Å². The van der Waals surface area contributed by atoms with Crippen molar-refractivity contribution in [2.75, 3.05) is 18.6 Å². The summed E-state index contributed by atoms with van der Waals surface area (Å²) >= 11 is 1.29. The summed E-state index contributed by atoms with van der Waals surface area (Å²) in [6.07, 6.45) is -4.65. The third-order valence-electron chi connectivity index (χ3n) is 9.95. The minimum Gasteiger partial charge on any atom is -0.481 e. The average molecular weight is 1010 g/mol. The molecular formula is C39H65N11O18S. The molecule has 69 heavy (non-hydrogen) atoms. The Bertz CT molecular complexity index is 1870. The van der Waals surface area contributed by atoms with E-state index in [2.05, 4.69) is 42.5 Å². The second-order valence-electron chi connectivity index (χ2n) is 15.8. The predicted octanol–water partition coefficient (Wildman–Crippen LogP) is -7.05. The lowest BCUT2D eigenvalue weighted by Crippen LogP contribution is -2.62. The Hall–Kier alpha value is -6.66. The van der Waals surface area contributed by atoms with Gasteiger partial charge in [0.25, 0.3) is 0 Å². The van der Waals surface area contributed by atoms with Crippen LogP contribution in [0.25, 0.3) is 0 Å². The van der Waals surface area contributed by atoms with Gasteiger partial charge in [-0.05, 0) is 51.0 Å². The number of hydrogen-bond acceptors (Lipinski definition) is 17. The van der Waals surface area contributed by atoms with Crippen LogP contribution in [0.2, 0.25) is 0 Å². The molecule has 390 valence electrons. The van der Waals surface area contributed by atoms with Gasteiger partial charge >= 0.3 is 17.9 Å². The number of primary amides is 2. The molecule has 0 aromatic rings. The third kappa shape index (κ3) is 23.8. The molecular weight excluding hydrogens is 943 g/mol. The van der Waals surface area contributed by atoms with E-state index in [-0.39, 0.29) is 12.8 Å². The van der Waals surface area contributed by atoms with E-state index in [9.17, 15) is 87.9 Å². The molecule has 11 atom stereocenters. The summed E-state index contributed by atoms with van der Waals surface area (Å²) in [5, 5.41) is 65.8. The largest absolute Gasteiger partial charge is 0.481 e. The molecule has 0 bridgehead atoms. The number of carbonyl (C=O) groups excluding carboxylic acids is 10. The van der Waals surface area contributed by atoms with Gasteiger partial charge in [0.15, 0.2) is 0 Å². The average Bonchev–Trinajstić information content (AvgIpc) is 3.25. The molecule has 0 aromatic carbocycles. The number of carboxylic acids is 3. The van der Waals surface area contributed by atoms with Crippen LogP contribution in [0.1, 0.15) is 79.1 Å². The van der Waals surface area contributed by atoms with Gasteiger partial charge in [-0.25, -0.2) is 4.79 Å². The Labute approximate surface area is 399 Å². The summed E-state index contributed by atoms with van der Waals surface area (Å²) in [7, 11) is 0. The molecule has 0 unspecified atom stereocenters. The van der Waals surface area contributed by atoms with E-state index in [1.807, 2.05) is 0 Å². The molecule has 30 heteroatoms. The van der Waals surface area contributed by atoms with Gasteiger partial charge in [-0.2, -0.15) is 11.8 Å². The summed E-state index contributed by atoms with van der Waals surface area (Å²) in [5.41, 5.74) is 16.1. The van der Waals surface area contributed by atoms with Gasteiger partial charge in [0.05, 0.1) is 31.6 Å². The number of aliphatic hydroxyl groups excluding tert-OH is 2. The molecule has 0 heterocycles. The molecule has 0 aliphatic carbocycles. The van der Waals surface area contributed by atoms with Crippen LogP contribution in [0, 0.1) is 5.92 Å². The Balaban J connectivity index is 6.71. The maximum Gasteiger partial charge on any atom is 0.326 e. The summed E-state index contributed by atoms with van der Waals surface area (Å²) in [5.74, 6) is -16.7. The number of aliphatic hydroxyl groups is 2. The van der Waals surface area contributed by atoms with Crippen molar-refractivity contribution >= 4 is 88.7 Å². The first-order valence-electron chi connectivity index (χ1n) is 21.3. The summed E-state index contributed by atoms with van der Waals surface area (Å²) in [6.45, 7) is 4.37. The maximum absolute atomic E-state index is 13.9. The zero-order valence-electron chi connectivity index (χ0n) is 38.6. The second kappa shape index (κ2) is 31.4. The third-order valence-corrected chi connectivity index (χ3v) is 10.6. The zero-order chi connectivity index (χ0) is 53.3. The standard InChI is InChI=1S/C39H65N11O18S/c1-6-16(2)29(37(65)44-20(8-10-28(57)58)33(61)50-30(18(4)52)38(66)45-21(39(67)68)11-12-69-5)49-35(63)23(14-26(42)54)46-32(60)19(7-9-27(55)56)43-34(62)22(13-25(41)53)47-36(64)24(15-51)48-31(59)17(3)40/h16-24,29-30,51-52H,6-15,40H2,1-5H3,(H2,41,53)(H2,42,54)(H,43,62)(H,44,65)(H,45,66)(H,46,60)(H,47,64)(H,48,59)(H,49,63)(H,50,61)(H,55,56)(H,57,58)(H,67,68)/t16-,17-,18+,19-,20-,21-,22-,23-,24-,29-,30-/m0/s1. The van der Waals surface area contributed by atoms with E-state index in [4.69, 9.17) is 17.2 Å². The quantitative estimate of drug-likeness (QED) is 0.0285. The number of rotatable bonds is 34. The van der Waals surface area contributed by atoms with Crippen LogP contribution < -0.4 is 59.7 Å². The molecule has 0 spiro atoms. The molecule has 10 amide bonds. The number of carboxylic acid groups (broad SMARTS) is 3. The number of hydrogen-bond donors (Lipinski definition) is 16. The molecule has 0 saturated heterocycles. The lowest BCUT2D eigenvalue weighted by molar-refractivity contribution is -0.143. The van der Waals surface area contributed by atoms with Crippen molar-refractivity contribution in [1.29, 1.82) is 0 Å². The number of thioether (sulfide) groups is 1. The Morgan fingerprint density at radius 2 is 0.870 bits per heavy atom. The van der Waals surface area contributed by atoms with E-state index in [0.717, 1.165) is 6.92 Å². The second-order valence-corrected chi connectivity index (χ2v) is 16.7. The van der Waals surface area contributed by atoms with Gasteiger partial charge in [0, 0.05) is 12.8 Å². The predicted molar refractivity (Wildman–Crippen MR) is 239 cm³/mol. The number of carbonyl (C=O) groups is 13. The molecule has 0 radical (unpaired) electrons. The topological polar surface area (TPSA) is 497 Å². The first kappa shape index (κ1) is 62.3. The van der Waals surface area contributed by atoms with Gasteiger partial charge in [-0.1, -0.05) is 20.3 Å². The molecule has 19 N–H and O–H groups in total. The normalized spacial score (nSPS) is 15.7. The van der Waals surface area contributed by atoms with E-state index in [0.29, 0.717) is 5.75 Å². The first-order chi connectivity index (χ1) is 32.1. The van der Waals surface area contributed by atoms with Gasteiger partial charge < -0.3 is 85.3 Å². The van der Waals surface area contributed by atoms with Crippen molar-refractivity contribution in [1.82, 2.24) is 42.5 Å². The molecule has 0 saturated carbocycles. The van der Waals surface area contributed by atoms with Crippen molar-refractivity contribution in [2.24, 2.45) is 23.1 Å². The maximum atomic E-state index is 13.9. The molecule has 0 aliphatic heterocycles. The fourth-order valence-electron chi connectivity index (χ4n) is 5.84. The number of nitrogens with two attached hydrogens (primary N) is 3. The fraction of sp³-hybridized carbons (Fsp3) is 0.667. The van der Waals surface area contributed by atoms with E-state index in [1.165, 1.54) is 25.6 Å². The summed E-state index contributed by atoms with van der Waals surface area (Å²) in [6, 6.07) is -15.3. The van der Waals surface area contributed by atoms with Crippen molar-refractivity contribution in [3.05, 3.63) is 0 Å². The van der Waals surface area contributed by atoms with Gasteiger partial charge in [-0.3, -0.25) is 57.5 Å². The molecule has 0 aromatic heterocycles. The van der Waals surface area contributed by atoms with E-state index >= 15 is 0 Å². The number of nitrogens with one attached hydrogen (secondary N) is 8. The van der Waals surface area contributed by atoms with Crippen molar-refractivity contribution in [3.63, 3.8) is 0 Å². The Kier molecular flexibility index (Phi) is 28.4. The molecule has 0 fully saturated rings. The lowest BCUT2D eigenvalue weighted by Gasteiger charge is -2.30. The molecule has 0 rings (SSSR count). The first-order valence-corrected chi connectivity index (χ1v) is 22.7. The van der Waals surface area contributed by atoms with Crippen LogP contribution in [0.15, 0.2) is 0 Å². The van der Waals surface area contributed by atoms with Crippen LogP contribution >= 0.6 is 11.8 Å².